The van der Waals surface area contributed by atoms with Gasteiger partial charge in [0.25, 0.3) is 0 Å². The van der Waals surface area contributed by atoms with E-state index in [0.717, 1.165) is 19.6 Å². The molecule has 0 radical (unpaired) electrons. The number of hydrogen-bond acceptors (Lipinski definition) is 6. The van der Waals surface area contributed by atoms with Crippen LogP contribution in [0.2, 0.25) is 0 Å². The van der Waals surface area contributed by atoms with Gasteiger partial charge >= 0.3 is 5.97 Å². The average Bonchev–Trinajstić information content (AvgIpc) is 2.39. The normalized spacial score (nSPS) is 10.3. The van der Waals surface area contributed by atoms with E-state index in [1.54, 1.807) is 13.8 Å². The van der Waals surface area contributed by atoms with Crippen molar-refractivity contribution in [3.8, 4) is 0 Å². The van der Waals surface area contributed by atoms with Crippen LogP contribution in [0, 0.1) is 6.92 Å². The Bertz CT molecular complexity index is 410. The summed E-state index contributed by atoms with van der Waals surface area (Å²) in [5.41, 5.74) is 1.02. The van der Waals surface area contributed by atoms with E-state index >= 15 is 0 Å². The molecule has 106 valence electrons. The molecule has 0 aliphatic heterocycles. The predicted molar refractivity (Wildman–Crippen MR) is 72.3 cm³/mol. The molecule has 0 aliphatic carbocycles. The molecule has 0 aliphatic rings. The Hall–Kier alpha value is -1.69. The summed E-state index contributed by atoms with van der Waals surface area (Å²) in [6, 6.07) is 0. The Kier molecular flexibility index (Phi) is 6.81. The lowest BCUT2D eigenvalue weighted by atomic mass is 10.2. The first kappa shape index (κ1) is 15.4. The van der Waals surface area contributed by atoms with Gasteiger partial charge in [-0.15, -0.1) is 0 Å². The number of nitrogens with one attached hydrogen (secondary N) is 1. The summed E-state index contributed by atoms with van der Waals surface area (Å²) in [5, 5.41) is 3.09. The minimum absolute atomic E-state index is 0.343. The molecule has 6 heteroatoms. The summed E-state index contributed by atoms with van der Waals surface area (Å²) in [6.07, 6.45) is 2.38. The van der Waals surface area contributed by atoms with Crippen molar-refractivity contribution in [2.75, 3.05) is 31.7 Å². The summed E-state index contributed by atoms with van der Waals surface area (Å²) in [6.45, 7) is 8.01. The maximum Gasteiger partial charge on any atom is 0.341 e. The van der Waals surface area contributed by atoms with Gasteiger partial charge in [0.2, 0.25) is 5.95 Å². The van der Waals surface area contributed by atoms with E-state index in [4.69, 9.17) is 9.47 Å². The molecule has 0 amide bonds. The average molecular weight is 267 g/mol. The summed E-state index contributed by atoms with van der Waals surface area (Å²) < 4.78 is 10.1. The predicted octanol–water partition coefficient (Wildman–Crippen LogP) is 1.80. The minimum atomic E-state index is -0.386. The maximum atomic E-state index is 11.6. The maximum absolute atomic E-state index is 11.6. The first-order valence-corrected chi connectivity index (χ1v) is 6.51. The lowest BCUT2D eigenvalue weighted by Crippen LogP contribution is -2.12. The third-order valence-electron chi connectivity index (χ3n) is 2.43. The Balaban J connectivity index is 2.49. The number of anilines is 1. The number of rotatable bonds is 8. The van der Waals surface area contributed by atoms with E-state index in [-0.39, 0.29) is 5.97 Å². The standard InChI is InChI=1S/C13H21N3O3/c1-4-18-8-6-7-14-13-15-9-11(10(3)16-13)12(17)19-5-2/h9H,4-8H2,1-3H3,(H,14,15,16). The SMILES string of the molecule is CCOCCCNc1ncc(C(=O)OCC)c(C)n1. The quantitative estimate of drug-likeness (QED) is 0.572. The van der Waals surface area contributed by atoms with Crippen LogP contribution in [-0.4, -0.2) is 42.3 Å². The van der Waals surface area contributed by atoms with Gasteiger partial charge in [0.1, 0.15) is 0 Å². The zero-order chi connectivity index (χ0) is 14.1. The monoisotopic (exact) mass is 267 g/mol. The van der Waals surface area contributed by atoms with Gasteiger partial charge in [-0.3, -0.25) is 0 Å². The fourth-order valence-corrected chi connectivity index (χ4v) is 1.48. The highest BCUT2D eigenvalue weighted by atomic mass is 16.5. The molecule has 0 atom stereocenters. The van der Waals surface area contributed by atoms with E-state index in [9.17, 15) is 4.79 Å². The second-order valence-corrected chi connectivity index (χ2v) is 3.89. The smallest absolute Gasteiger partial charge is 0.341 e. The lowest BCUT2D eigenvalue weighted by molar-refractivity contribution is 0.0524. The molecule has 0 saturated carbocycles. The van der Waals surface area contributed by atoms with Crippen LogP contribution in [0.4, 0.5) is 5.95 Å². The molecule has 1 heterocycles. The van der Waals surface area contributed by atoms with Gasteiger partial charge in [-0.1, -0.05) is 0 Å². The Labute approximate surface area is 113 Å². The minimum Gasteiger partial charge on any atom is -0.462 e. The second kappa shape index (κ2) is 8.42. The van der Waals surface area contributed by atoms with Gasteiger partial charge in [-0.2, -0.15) is 0 Å². The number of aryl methyl sites for hydroxylation is 1. The second-order valence-electron chi connectivity index (χ2n) is 3.89. The number of nitrogens with zero attached hydrogens (tertiary/aromatic N) is 2. The van der Waals surface area contributed by atoms with Crippen LogP contribution in [0.5, 0.6) is 0 Å². The molecule has 0 fully saturated rings. The van der Waals surface area contributed by atoms with Crippen LogP contribution in [0.3, 0.4) is 0 Å². The lowest BCUT2D eigenvalue weighted by Gasteiger charge is -2.08. The first-order chi connectivity index (χ1) is 9.19. The van der Waals surface area contributed by atoms with E-state index in [1.807, 2.05) is 6.92 Å². The van der Waals surface area contributed by atoms with Crippen LogP contribution in [-0.2, 0) is 9.47 Å². The number of esters is 1. The zero-order valence-corrected chi connectivity index (χ0v) is 11.7. The van der Waals surface area contributed by atoms with E-state index in [2.05, 4.69) is 15.3 Å². The van der Waals surface area contributed by atoms with Crippen LogP contribution in [0.1, 0.15) is 36.3 Å². The topological polar surface area (TPSA) is 73.3 Å². The molecule has 1 aromatic rings. The van der Waals surface area contributed by atoms with Crippen LogP contribution < -0.4 is 5.32 Å². The largest absolute Gasteiger partial charge is 0.462 e. The molecule has 0 bridgehead atoms. The fraction of sp³-hybridized carbons (Fsp3) is 0.615. The molecule has 6 nitrogen and oxygen atoms in total. The molecule has 1 rings (SSSR count). The number of aromatic nitrogens is 2. The Morgan fingerprint density at radius 1 is 1.37 bits per heavy atom. The summed E-state index contributed by atoms with van der Waals surface area (Å²) in [5.74, 6) is 0.130. The molecule has 0 saturated heterocycles. The molecule has 0 aromatic carbocycles. The number of ether oxygens (including phenoxy) is 2. The first-order valence-electron chi connectivity index (χ1n) is 6.51. The highest BCUT2D eigenvalue weighted by molar-refractivity contribution is 5.90. The Morgan fingerprint density at radius 2 is 2.16 bits per heavy atom. The summed E-state index contributed by atoms with van der Waals surface area (Å²) in [7, 11) is 0. The zero-order valence-electron chi connectivity index (χ0n) is 11.7. The van der Waals surface area contributed by atoms with E-state index in [1.165, 1.54) is 6.20 Å². The highest BCUT2D eigenvalue weighted by Crippen LogP contribution is 2.08. The van der Waals surface area contributed by atoms with Gasteiger partial charge in [-0.25, -0.2) is 14.8 Å². The van der Waals surface area contributed by atoms with Crippen molar-refractivity contribution in [2.45, 2.75) is 27.2 Å². The van der Waals surface area contributed by atoms with Crippen molar-refractivity contribution in [3.05, 3.63) is 17.5 Å². The van der Waals surface area contributed by atoms with Crippen LogP contribution in [0.25, 0.3) is 0 Å². The number of hydrogen-bond donors (Lipinski definition) is 1. The van der Waals surface area contributed by atoms with Gasteiger partial charge in [-0.05, 0) is 27.2 Å². The van der Waals surface area contributed by atoms with E-state index in [0.29, 0.717) is 30.4 Å². The van der Waals surface area contributed by atoms with Crippen molar-refractivity contribution in [3.63, 3.8) is 0 Å². The Morgan fingerprint density at radius 3 is 2.79 bits per heavy atom. The molecule has 0 spiro atoms. The molecule has 0 unspecified atom stereocenters. The van der Waals surface area contributed by atoms with E-state index < -0.39 is 0 Å². The van der Waals surface area contributed by atoms with Crippen LogP contribution in [0.15, 0.2) is 6.20 Å². The van der Waals surface area contributed by atoms with Crippen LogP contribution >= 0.6 is 0 Å². The fourth-order valence-electron chi connectivity index (χ4n) is 1.48. The third-order valence-corrected chi connectivity index (χ3v) is 2.43. The van der Waals surface area contributed by atoms with Crippen molar-refractivity contribution in [1.29, 1.82) is 0 Å². The van der Waals surface area contributed by atoms with Gasteiger partial charge in [0, 0.05) is 26.0 Å². The summed E-state index contributed by atoms with van der Waals surface area (Å²) in [4.78, 5) is 19.9. The third kappa shape index (κ3) is 5.21. The van der Waals surface area contributed by atoms with Gasteiger partial charge in [0.15, 0.2) is 0 Å². The highest BCUT2D eigenvalue weighted by Gasteiger charge is 2.12. The molecular formula is C13H21N3O3. The number of carbonyl (C=O) groups excluding carboxylic acids is 1. The molecule has 1 aromatic heterocycles. The van der Waals surface area contributed by atoms with Crippen molar-refractivity contribution >= 4 is 11.9 Å². The van der Waals surface area contributed by atoms with Crippen molar-refractivity contribution < 1.29 is 14.3 Å². The number of carbonyl (C=O) groups is 1. The van der Waals surface area contributed by atoms with Gasteiger partial charge in [0.05, 0.1) is 17.9 Å². The van der Waals surface area contributed by atoms with Crippen molar-refractivity contribution in [2.24, 2.45) is 0 Å². The van der Waals surface area contributed by atoms with Gasteiger partial charge < -0.3 is 14.8 Å². The molecule has 19 heavy (non-hydrogen) atoms. The van der Waals surface area contributed by atoms with Crippen molar-refractivity contribution in [1.82, 2.24) is 9.97 Å². The molecular weight excluding hydrogens is 246 g/mol. The summed E-state index contributed by atoms with van der Waals surface area (Å²) >= 11 is 0. The molecule has 1 N–H and O–H groups in total.